The first kappa shape index (κ1) is 52.2. The number of aliphatic hydroxyl groups is 3. The Kier molecular flexibility index (Phi) is 25.1. The summed E-state index contributed by atoms with van der Waals surface area (Å²) >= 11 is 0. The summed E-state index contributed by atoms with van der Waals surface area (Å²) in [4.78, 5) is 74.8. The predicted molar refractivity (Wildman–Crippen MR) is 155 cm³/mol. The number of phosphoric ester groups is 3. The average Bonchev–Trinajstić information content (AvgIpc) is 3.14. The van der Waals surface area contributed by atoms with Gasteiger partial charge in [0.2, 0.25) is 0 Å². The molecule has 58 heavy (non-hydrogen) atoms. The number of ether oxygens (including phenoxy) is 2. The van der Waals surface area contributed by atoms with Crippen LogP contribution in [0.15, 0.2) is 0 Å². The van der Waals surface area contributed by atoms with E-state index in [1.54, 1.807) is 6.92 Å². The topological polar surface area (TPSA) is 443 Å². The van der Waals surface area contributed by atoms with Gasteiger partial charge in [-0.2, -0.15) is 0 Å². The maximum Gasteiger partial charge on any atom is 0.543 e. The molecule has 36 heteroatoms. The Balaban J connectivity index is 2.98. The van der Waals surface area contributed by atoms with Crippen LogP contribution in [0.2, 0.25) is 0 Å². The van der Waals surface area contributed by atoms with Gasteiger partial charge in [-0.1, -0.05) is 5.92 Å². The van der Waals surface area contributed by atoms with E-state index in [0.29, 0.717) is 0 Å². The molecule has 1 rings (SSSR count). The summed E-state index contributed by atoms with van der Waals surface area (Å²) in [5, 5.41) is 80.3. The van der Waals surface area contributed by atoms with Crippen molar-refractivity contribution in [3.05, 3.63) is 0 Å². The monoisotopic (exact) mass is 908 g/mol. The predicted octanol–water partition coefficient (Wildman–Crippen LogP) is -3.71. The van der Waals surface area contributed by atoms with Gasteiger partial charge in [-0.15, -0.1) is 0 Å². The highest BCUT2D eigenvalue weighted by atomic mass is 31.2. The molecule has 5 unspecified atom stereocenters. The minimum Gasteiger partial charge on any atom is -0.452 e. The Labute approximate surface area is 319 Å². The van der Waals surface area contributed by atoms with E-state index in [1.807, 2.05) is 11.8 Å². The SMILES string of the molecule is CC#CC#CC#CC#CC#CC(=O)OC[C@H](COP(=O)(O)OC1C(O)[C@H](OP(=O)(O)O)C(O)C(OP(=O)(O)O)[C@@H]1O)OC(=O)OOOOOOOOOOOOOO. The van der Waals surface area contributed by atoms with Crippen molar-refractivity contribution in [2.24, 2.45) is 0 Å². The number of hydrogen-bond acceptors (Lipinski definition) is 28. The number of hydrogen-bond donors (Lipinski definition) is 9. The van der Waals surface area contributed by atoms with Crippen LogP contribution in [0.1, 0.15) is 6.92 Å². The van der Waals surface area contributed by atoms with E-state index in [2.05, 4.69) is 136 Å². The second kappa shape index (κ2) is 27.8. The molecule has 0 aromatic carbocycles. The molecule has 0 aromatic rings. The Morgan fingerprint density at radius 2 is 1.00 bits per heavy atom. The van der Waals surface area contributed by atoms with Crippen LogP contribution in [0.4, 0.5) is 4.79 Å². The molecule has 0 aliphatic heterocycles. The largest absolute Gasteiger partial charge is 0.543 e. The third kappa shape index (κ3) is 24.2. The second-order valence-electron chi connectivity index (χ2n) is 8.80. The molecule has 0 bridgehead atoms. The summed E-state index contributed by atoms with van der Waals surface area (Å²) in [5.74, 6) is 21.0. The Bertz CT molecular complexity index is 1730. The van der Waals surface area contributed by atoms with Crippen LogP contribution >= 0.6 is 23.5 Å². The lowest BCUT2D eigenvalue weighted by molar-refractivity contribution is -0.874. The number of carbonyl (C=O) groups is 2. The van der Waals surface area contributed by atoms with Crippen molar-refractivity contribution in [1.29, 1.82) is 0 Å². The third-order valence-electron chi connectivity index (χ3n) is 5.02. The quantitative estimate of drug-likeness (QED) is 0.00856. The molecule has 0 saturated heterocycles. The molecule has 0 heterocycles. The van der Waals surface area contributed by atoms with Crippen molar-refractivity contribution in [2.45, 2.75) is 49.7 Å². The molecular weight excluding hydrogens is 885 g/mol. The summed E-state index contributed by atoms with van der Waals surface area (Å²) in [6, 6.07) is 0. The molecule has 1 fully saturated rings. The maximum atomic E-state index is 12.8. The van der Waals surface area contributed by atoms with Gasteiger partial charge in [-0.3, -0.25) is 18.1 Å². The van der Waals surface area contributed by atoms with E-state index in [9.17, 15) is 43.5 Å². The number of carbonyl (C=O) groups excluding carboxylic acids is 2. The molecule has 1 saturated carbocycles. The van der Waals surface area contributed by atoms with E-state index in [4.69, 9.17) is 29.6 Å². The molecule has 9 N–H and O–H groups in total. The second-order valence-corrected chi connectivity index (χ2v) is 12.6. The lowest BCUT2D eigenvalue weighted by Crippen LogP contribution is -2.65. The van der Waals surface area contributed by atoms with Crippen LogP contribution in [0.25, 0.3) is 0 Å². The van der Waals surface area contributed by atoms with E-state index in [1.165, 1.54) is 0 Å². The fourth-order valence-electron chi connectivity index (χ4n) is 3.18. The van der Waals surface area contributed by atoms with Crippen LogP contribution in [-0.4, -0.2) is 113 Å². The van der Waals surface area contributed by atoms with Gasteiger partial charge in [0.15, 0.2) is 6.10 Å². The van der Waals surface area contributed by atoms with Crippen LogP contribution < -0.4 is 0 Å². The van der Waals surface area contributed by atoms with Gasteiger partial charge in [0, 0.05) is 36.2 Å². The van der Waals surface area contributed by atoms with Gasteiger partial charge in [0.05, 0.1) is 6.61 Å². The minimum atomic E-state index is -5.77. The zero-order valence-corrected chi connectivity index (χ0v) is 30.3. The molecular formula is C22H23O33P3. The van der Waals surface area contributed by atoms with Crippen molar-refractivity contribution in [3.63, 3.8) is 0 Å². The van der Waals surface area contributed by atoms with Gasteiger partial charge in [-0.05, 0) is 84.5 Å². The van der Waals surface area contributed by atoms with Gasteiger partial charge in [0.25, 0.3) is 0 Å². The van der Waals surface area contributed by atoms with Crippen LogP contribution in [0.5, 0.6) is 0 Å². The lowest BCUT2D eigenvalue weighted by Gasteiger charge is -2.44. The van der Waals surface area contributed by atoms with Crippen molar-refractivity contribution in [1.82, 2.24) is 0 Å². The zero-order valence-electron chi connectivity index (χ0n) is 27.6. The fourth-order valence-corrected chi connectivity index (χ4v) is 5.29. The van der Waals surface area contributed by atoms with Gasteiger partial charge >= 0.3 is 35.6 Å². The highest BCUT2D eigenvalue weighted by Gasteiger charge is 2.56. The van der Waals surface area contributed by atoms with E-state index in [-0.39, 0.29) is 0 Å². The van der Waals surface area contributed by atoms with E-state index < -0.39 is 91.5 Å². The average molecular weight is 908 g/mol. The summed E-state index contributed by atoms with van der Waals surface area (Å²) in [5.41, 5.74) is 0. The number of phosphoric acid groups is 3. The Hall–Kier alpha value is -3.77. The standard InChI is InChI=1S/C22H23O33P3/c1-2-3-4-5-6-7-8-9-10-11-15(23)37-12-14(39-22(27)40-45-47-49-51-53-55-54-52-50-48-46-44-28)13-38-58(35,36)43-21-17(25)19(41-56(29,30)31)16(24)20(18(21)26)42-57(32,33)34/h14,16-21,24-26,28H,12-13H2,1H3,(H,35,36)(H2,29,30,31)(H2,32,33,34)/t14-,16?,17+,18?,19?,20-,21?/m1/s1. The highest BCUT2D eigenvalue weighted by Crippen LogP contribution is 2.50. The lowest BCUT2D eigenvalue weighted by atomic mass is 9.85. The maximum absolute atomic E-state index is 12.8. The molecule has 1 aliphatic rings. The molecule has 1 aliphatic carbocycles. The number of rotatable bonds is 24. The number of esters is 1. The van der Waals surface area contributed by atoms with Crippen molar-refractivity contribution >= 4 is 35.6 Å². The number of aliphatic hydroxyl groups excluding tert-OH is 3. The fraction of sp³-hybridized carbons (Fsp3) is 0.455. The first-order valence-electron chi connectivity index (χ1n) is 13.6. The molecule has 8 atom stereocenters. The molecule has 0 radical (unpaired) electrons. The summed E-state index contributed by atoms with van der Waals surface area (Å²) in [6.07, 6.45) is -19.9. The molecule has 0 amide bonds. The van der Waals surface area contributed by atoms with Crippen LogP contribution in [0, 0.1) is 59.2 Å². The minimum absolute atomic E-state index is 1.12. The van der Waals surface area contributed by atoms with Crippen molar-refractivity contribution in [3.8, 4) is 59.2 Å². The van der Waals surface area contributed by atoms with E-state index in [0.717, 1.165) is 0 Å². The molecule has 33 nitrogen and oxygen atoms in total. The van der Waals surface area contributed by atoms with Gasteiger partial charge in [-0.25, -0.2) is 33.4 Å². The highest BCUT2D eigenvalue weighted by molar-refractivity contribution is 7.47. The van der Waals surface area contributed by atoms with Gasteiger partial charge < -0.3 is 49.3 Å². The summed E-state index contributed by atoms with van der Waals surface area (Å²) < 4.78 is 62.5. The van der Waals surface area contributed by atoms with Crippen LogP contribution in [0.3, 0.4) is 0 Å². The Morgan fingerprint density at radius 1 is 0.586 bits per heavy atom. The van der Waals surface area contributed by atoms with Crippen molar-refractivity contribution < 1.29 is 161 Å². The normalized spacial score (nSPS) is 21.6. The first-order valence-corrected chi connectivity index (χ1v) is 18.1. The molecule has 0 spiro atoms. The smallest absolute Gasteiger partial charge is 0.452 e. The van der Waals surface area contributed by atoms with Crippen LogP contribution in [-0.2, 0) is 111 Å². The van der Waals surface area contributed by atoms with Crippen molar-refractivity contribution in [2.75, 3.05) is 13.2 Å². The first-order chi connectivity index (χ1) is 27.3. The van der Waals surface area contributed by atoms with Gasteiger partial charge in [0.1, 0.15) is 43.2 Å². The third-order valence-corrected chi connectivity index (χ3v) is 7.04. The zero-order chi connectivity index (χ0) is 43.6. The molecule has 0 aromatic heterocycles. The molecule has 324 valence electrons. The summed E-state index contributed by atoms with van der Waals surface area (Å²) in [7, 11) is -17.1. The summed E-state index contributed by atoms with van der Waals surface area (Å²) in [6.45, 7) is -0.958. The Morgan fingerprint density at radius 3 is 1.45 bits per heavy atom. The van der Waals surface area contributed by atoms with E-state index >= 15 is 0 Å².